The molecule has 5 nitrogen and oxygen atoms in total. The maximum absolute atomic E-state index is 12.7. The Morgan fingerprint density at radius 3 is 2.56 bits per heavy atom. The third-order valence-electron chi connectivity index (χ3n) is 4.00. The van der Waals surface area contributed by atoms with Gasteiger partial charge in [0.1, 0.15) is 17.0 Å². The number of aryl methyl sites for hydroxylation is 1. The zero-order valence-electron chi connectivity index (χ0n) is 16.1. The molecule has 0 radical (unpaired) electrons. The summed E-state index contributed by atoms with van der Waals surface area (Å²) in [4.78, 5) is 17.8. The second-order valence-corrected chi connectivity index (χ2v) is 7.46. The summed E-state index contributed by atoms with van der Waals surface area (Å²) in [6, 6.07) is 13.0. The third-order valence-corrected chi connectivity index (χ3v) is 5.05. The Morgan fingerprint density at radius 1 is 1.19 bits per heavy atom. The van der Waals surface area contributed by atoms with E-state index in [9.17, 15) is 4.79 Å². The van der Waals surface area contributed by atoms with Crippen LogP contribution in [0, 0.1) is 0 Å². The smallest absolute Gasteiger partial charge is 0.279 e. The normalized spacial score (nSPS) is 12.0. The molecular formula is C21H24N2O3S. The zero-order valence-corrected chi connectivity index (χ0v) is 16.9. The fourth-order valence-electron chi connectivity index (χ4n) is 2.88. The van der Waals surface area contributed by atoms with Crippen LogP contribution in [0.2, 0.25) is 0 Å². The number of hydrogen-bond acceptors (Lipinski definition) is 4. The fourth-order valence-corrected chi connectivity index (χ4v) is 3.95. The van der Waals surface area contributed by atoms with Crippen LogP contribution in [0.3, 0.4) is 0 Å². The van der Waals surface area contributed by atoms with Gasteiger partial charge in [0.15, 0.2) is 4.80 Å². The number of thiazole rings is 1. The summed E-state index contributed by atoms with van der Waals surface area (Å²) >= 11 is 1.50. The molecule has 0 spiro atoms. The number of aromatic nitrogens is 1. The summed E-state index contributed by atoms with van der Waals surface area (Å²) in [5, 5.41) is 0. The van der Waals surface area contributed by atoms with Gasteiger partial charge in [-0.2, -0.15) is 4.99 Å². The van der Waals surface area contributed by atoms with Crippen LogP contribution >= 0.6 is 11.3 Å². The minimum atomic E-state index is -0.263. The number of nitrogens with zero attached hydrogens (tertiary/aromatic N) is 2. The lowest BCUT2D eigenvalue weighted by molar-refractivity contribution is 0.0997. The molecule has 0 aliphatic heterocycles. The van der Waals surface area contributed by atoms with Crippen LogP contribution in [0.5, 0.6) is 11.5 Å². The summed E-state index contributed by atoms with van der Waals surface area (Å²) in [7, 11) is 1.66. The van der Waals surface area contributed by atoms with Crippen molar-refractivity contribution in [3.05, 3.63) is 52.8 Å². The van der Waals surface area contributed by atoms with Gasteiger partial charge in [0.05, 0.1) is 17.9 Å². The molecule has 1 aromatic heterocycles. The van der Waals surface area contributed by atoms with Crippen LogP contribution in [0.1, 0.15) is 37.6 Å². The number of ether oxygens (including phenoxy) is 2. The third kappa shape index (κ3) is 4.22. The highest BCUT2D eigenvalue weighted by Crippen LogP contribution is 2.27. The number of rotatable bonds is 6. The van der Waals surface area contributed by atoms with Crippen molar-refractivity contribution in [2.75, 3.05) is 7.11 Å². The Labute approximate surface area is 162 Å². The van der Waals surface area contributed by atoms with E-state index in [1.54, 1.807) is 31.4 Å². The number of hydrogen-bond donors (Lipinski definition) is 0. The number of para-hydroxylation sites is 1. The minimum Gasteiger partial charge on any atom is -0.495 e. The van der Waals surface area contributed by atoms with E-state index in [1.807, 2.05) is 32.0 Å². The molecule has 2 aromatic carbocycles. The SMILES string of the molecule is CCCn1c(=NC(=O)c2ccc(OC(C)C)cc2)sc2cccc(OC)c21. The molecule has 27 heavy (non-hydrogen) atoms. The van der Waals surface area contributed by atoms with E-state index in [1.165, 1.54) is 11.3 Å². The summed E-state index contributed by atoms with van der Waals surface area (Å²) in [6.45, 7) is 6.81. The van der Waals surface area contributed by atoms with Gasteiger partial charge in [-0.1, -0.05) is 24.3 Å². The Bertz CT molecular complexity index is 1000. The van der Waals surface area contributed by atoms with E-state index in [-0.39, 0.29) is 12.0 Å². The molecule has 0 saturated carbocycles. The molecule has 0 fully saturated rings. The Morgan fingerprint density at radius 2 is 1.93 bits per heavy atom. The van der Waals surface area contributed by atoms with Crippen molar-refractivity contribution >= 4 is 27.5 Å². The summed E-state index contributed by atoms with van der Waals surface area (Å²) in [5.74, 6) is 1.27. The predicted molar refractivity (Wildman–Crippen MR) is 109 cm³/mol. The molecule has 0 N–H and O–H groups in total. The lowest BCUT2D eigenvalue weighted by atomic mass is 10.2. The molecule has 1 heterocycles. The average Bonchev–Trinajstić information content (AvgIpc) is 2.99. The minimum absolute atomic E-state index is 0.0952. The number of amides is 1. The highest BCUT2D eigenvalue weighted by Gasteiger charge is 2.12. The number of benzene rings is 2. The highest BCUT2D eigenvalue weighted by atomic mass is 32.1. The van der Waals surface area contributed by atoms with Gasteiger partial charge in [0, 0.05) is 12.1 Å². The number of fused-ring (bicyclic) bond motifs is 1. The van der Waals surface area contributed by atoms with Crippen molar-refractivity contribution in [2.45, 2.75) is 39.8 Å². The maximum Gasteiger partial charge on any atom is 0.279 e. The molecule has 3 aromatic rings. The van der Waals surface area contributed by atoms with Crippen molar-refractivity contribution in [3.63, 3.8) is 0 Å². The number of methoxy groups -OCH3 is 1. The van der Waals surface area contributed by atoms with Crippen molar-refractivity contribution in [1.82, 2.24) is 4.57 Å². The van der Waals surface area contributed by atoms with Crippen molar-refractivity contribution in [3.8, 4) is 11.5 Å². The van der Waals surface area contributed by atoms with Crippen molar-refractivity contribution in [2.24, 2.45) is 4.99 Å². The molecule has 0 bridgehead atoms. The Kier molecular flexibility index (Phi) is 5.96. The van der Waals surface area contributed by atoms with Crippen LogP contribution in [-0.2, 0) is 6.54 Å². The quantitative estimate of drug-likeness (QED) is 0.622. The number of carbonyl (C=O) groups excluding carboxylic acids is 1. The maximum atomic E-state index is 12.7. The molecule has 142 valence electrons. The van der Waals surface area contributed by atoms with Gasteiger partial charge in [0.2, 0.25) is 0 Å². The van der Waals surface area contributed by atoms with Crippen LogP contribution in [0.15, 0.2) is 47.5 Å². The second kappa shape index (κ2) is 8.39. The first kappa shape index (κ1) is 19.2. The summed E-state index contributed by atoms with van der Waals surface area (Å²) in [6.07, 6.45) is 1.03. The van der Waals surface area contributed by atoms with E-state index in [4.69, 9.17) is 9.47 Å². The summed E-state index contributed by atoms with van der Waals surface area (Å²) in [5.41, 5.74) is 1.53. The second-order valence-electron chi connectivity index (χ2n) is 6.45. The first-order valence-electron chi connectivity index (χ1n) is 9.05. The van der Waals surface area contributed by atoms with Crippen LogP contribution in [0.4, 0.5) is 0 Å². The molecule has 3 rings (SSSR count). The van der Waals surface area contributed by atoms with E-state index >= 15 is 0 Å². The molecule has 0 aliphatic rings. The van der Waals surface area contributed by atoms with E-state index in [2.05, 4.69) is 16.5 Å². The molecule has 0 aliphatic carbocycles. The lowest BCUT2D eigenvalue weighted by Crippen LogP contribution is -2.17. The topological polar surface area (TPSA) is 52.8 Å². The largest absolute Gasteiger partial charge is 0.495 e. The lowest BCUT2D eigenvalue weighted by Gasteiger charge is -2.09. The Hall–Kier alpha value is -2.60. The molecule has 0 saturated heterocycles. The Balaban J connectivity index is 2.02. The predicted octanol–water partition coefficient (Wildman–Crippen LogP) is 4.65. The van der Waals surface area contributed by atoms with Crippen molar-refractivity contribution < 1.29 is 14.3 Å². The average molecular weight is 385 g/mol. The van der Waals surface area contributed by atoms with Gasteiger partial charge < -0.3 is 14.0 Å². The van der Waals surface area contributed by atoms with Gasteiger partial charge >= 0.3 is 0 Å². The van der Waals surface area contributed by atoms with Gasteiger partial charge in [-0.05, 0) is 56.7 Å². The molecule has 6 heteroatoms. The van der Waals surface area contributed by atoms with Gasteiger partial charge in [-0.3, -0.25) is 4.79 Å². The van der Waals surface area contributed by atoms with Crippen molar-refractivity contribution in [1.29, 1.82) is 0 Å². The highest BCUT2D eigenvalue weighted by molar-refractivity contribution is 7.16. The first-order valence-corrected chi connectivity index (χ1v) is 9.87. The fraction of sp³-hybridized carbons (Fsp3) is 0.333. The zero-order chi connectivity index (χ0) is 19.4. The van der Waals surface area contributed by atoms with Crippen LogP contribution in [-0.4, -0.2) is 23.7 Å². The first-order chi connectivity index (χ1) is 13.0. The number of carbonyl (C=O) groups is 1. The van der Waals surface area contributed by atoms with Crippen LogP contribution < -0.4 is 14.3 Å². The van der Waals surface area contributed by atoms with E-state index in [0.29, 0.717) is 10.4 Å². The summed E-state index contributed by atoms with van der Waals surface area (Å²) < 4.78 is 14.2. The van der Waals surface area contributed by atoms with E-state index < -0.39 is 0 Å². The van der Waals surface area contributed by atoms with Crippen LogP contribution in [0.25, 0.3) is 10.2 Å². The molecule has 0 unspecified atom stereocenters. The molecule has 0 atom stereocenters. The van der Waals surface area contributed by atoms with Gasteiger partial charge in [-0.25, -0.2) is 0 Å². The molecular weight excluding hydrogens is 360 g/mol. The monoisotopic (exact) mass is 384 g/mol. The standard InChI is InChI=1S/C21H24N2O3S/c1-5-13-23-19-17(25-4)7-6-8-18(19)27-21(23)22-20(24)15-9-11-16(12-10-15)26-14(2)3/h6-12,14H,5,13H2,1-4H3. The van der Waals surface area contributed by atoms with Gasteiger partial charge in [0.25, 0.3) is 5.91 Å². The van der Waals surface area contributed by atoms with E-state index in [0.717, 1.165) is 34.7 Å². The molecule has 1 amide bonds. The van der Waals surface area contributed by atoms with Gasteiger partial charge in [-0.15, -0.1) is 0 Å².